The van der Waals surface area contributed by atoms with Crippen LogP contribution >= 0.6 is 0 Å². The van der Waals surface area contributed by atoms with Gasteiger partial charge in [0.05, 0.1) is 17.4 Å². The molecule has 0 spiro atoms. The molecule has 0 saturated heterocycles. The molecule has 3 rings (SSSR count). The van der Waals surface area contributed by atoms with Crippen LogP contribution in [0.5, 0.6) is 0 Å². The van der Waals surface area contributed by atoms with Crippen LogP contribution in [0.25, 0.3) is 0 Å². The lowest BCUT2D eigenvalue weighted by Gasteiger charge is -2.09. The molecule has 0 atom stereocenters. The molecule has 0 aliphatic rings. The average molecular weight is 321 g/mol. The van der Waals surface area contributed by atoms with Gasteiger partial charge in [-0.15, -0.1) is 0 Å². The summed E-state index contributed by atoms with van der Waals surface area (Å²) in [5.74, 6) is -0.543. The zero-order chi connectivity index (χ0) is 16.9. The van der Waals surface area contributed by atoms with Gasteiger partial charge in [-0.1, -0.05) is 17.7 Å². The minimum atomic E-state index is -0.301. The molecule has 1 aromatic heterocycles. The molecule has 0 aliphatic carbocycles. The number of nitrogens with one attached hydrogen (secondary N) is 2. The van der Waals surface area contributed by atoms with Gasteiger partial charge in [0.25, 0.3) is 5.91 Å². The topological polar surface area (TPSA) is 54.0 Å². The van der Waals surface area contributed by atoms with Gasteiger partial charge in [-0.05, 0) is 49.4 Å². The molecule has 2 N–H and O–H groups in total. The van der Waals surface area contributed by atoms with Crippen molar-refractivity contribution in [2.45, 2.75) is 6.92 Å². The van der Waals surface area contributed by atoms with Crippen LogP contribution in [0.2, 0.25) is 0 Å². The van der Waals surface area contributed by atoms with Crippen molar-refractivity contribution in [3.63, 3.8) is 0 Å². The van der Waals surface area contributed by atoms with E-state index in [1.54, 1.807) is 24.4 Å². The fourth-order valence-corrected chi connectivity index (χ4v) is 2.17. The fourth-order valence-electron chi connectivity index (χ4n) is 2.17. The van der Waals surface area contributed by atoms with Crippen molar-refractivity contribution < 1.29 is 9.18 Å². The minimum Gasteiger partial charge on any atom is -0.354 e. The molecule has 4 nitrogen and oxygen atoms in total. The van der Waals surface area contributed by atoms with Crippen LogP contribution in [-0.4, -0.2) is 10.9 Å². The highest BCUT2D eigenvalue weighted by Gasteiger charge is 2.08. The molecule has 0 aliphatic heterocycles. The summed E-state index contributed by atoms with van der Waals surface area (Å²) in [6, 6.07) is 15.2. The van der Waals surface area contributed by atoms with Gasteiger partial charge in [-0.25, -0.2) is 4.39 Å². The van der Waals surface area contributed by atoms with Gasteiger partial charge in [-0.3, -0.25) is 9.78 Å². The van der Waals surface area contributed by atoms with Gasteiger partial charge in [0, 0.05) is 17.6 Å². The highest BCUT2D eigenvalue weighted by molar-refractivity contribution is 6.04. The molecule has 24 heavy (non-hydrogen) atoms. The summed E-state index contributed by atoms with van der Waals surface area (Å²) in [6.45, 7) is 1.99. The van der Waals surface area contributed by atoms with E-state index in [0.29, 0.717) is 16.9 Å². The number of carbonyl (C=O) groups excluding carboxylic acids is 1. The second-order valence-electron chi connectivity index (χ2n) is 5.41. The van der Waals surface area contributed by atoms with Crippen LogP contribution in [0.3, 0.4) is 0 Å². The molecule has 120 valence electrons. The number of carbonyl (C=O) groups is 1. The Kier molecular flexibility index (Phi) is 4.52. The first-order valence-electron chi connectivity index (χ1n) is 7.46. The molecule has 1 heterocycles. The molecular formula is C19H16FN3O. The SMILES string of the molecule is Cc1ccc(NC(=O)c2cncc(Nc3ccc(F)cc3)c2)cc1. The number of benzene rings is 2. The van der Waals surface area contributed by atoms with Crippen molar-refractivity contribution >= 4 is 23.0 Å². The van der Waals surface area contributed by atoms with Gasteiger partial charge in [0.2, 0.25) is 0 Å². The third-order valence-corrected chi connectivity index (χ3v) is 3.44. The van der Waals surface area contributed by atoms with Gasteiger partial charge in [0.15, 0.2) is 0 Å². The average Bonchev–Trinajstić information content (AvgIpc) is 2.59. The van der Waals surface area contributed by atoms with Crippen LogP contribution in [0.4, 0.5) is 21.5 Å². The van der Waals surface area contributed by atoms with E-state index < -0.39 is 0 Å². The summed E-state index contributed by atoms with van der Waals surface area (Å²) < 4.78 is 12.9. The van der Waals surface area contributed by atoms with Gasteiger partial charge in [0.1, 0.15) is 5.82 Å². The molecule has 3 aromatic rings. The van der Waals surface area contributed by atoms with Crippen molar-refractivity contribution in [2.24, 2.45) is 0 Å². The monoisotopic (exact) mass is 321 g/mol. The number of amides is 1. The van der Waals surface area contributed by atoms with Crippen molar-refractivity contribution in [1.29, 1.82) is 0 Å². The Labute approximate surface area is 139 Å². The number of hydrogen-bond donors (Lipinski definition) is 2. The summed E-state index contributed by atoms with van der Waals surface area (Å²) in [6.07, 6.45) is 3.10. The Morgan fingerprint density at radius 3 is 2.29 bits per heavy atom. The van der Waals surface area contributed by atoms with Gasteiger partial charge < -0.3 is 10.6 Å². The molecule has 0 saturated carbocycles. The number of aryl methyl sites for hydroxylation is 1. The van der Waals surface area contributed by atoms with E-state index in [4.69, 9.17) is 0 Å². The lowest BCUT2D eigenvalue weighted by molar-refractivity contribution is 0.102. The summed E-state index contributed by atoms with van der Waals surface area (Å²) in [7, 11) is 0. The second-order valence-corrected chi connectivity index (χ2v) is 5.41. The quantitative estimate of drug-likeness (QED) is 0.742. The van der Waals surface area contributed by atoms with Gasteiger partial charge >= 0.3 is 0 Å². The summed E-state index contributed by atoms with van der Waals surface area (Å²) in [4.78, 5) is 16.4. The number of anilines is 3. The van der Waals surface area contributed by atoms with E-state index in [9.17, 15) is 9.18 Å². The largest absolute Gasteiger partial charge is 0.354 e. The first kappa shape index (κ1) is 15.7. The van der Waals surface area contributed by atoms with Crippen LogP contribution in [0, 0.1) is 12.7 Å². The Morgan fingerprint density at radius 2 is 1.58 bits per heavy atom. The zero-order valence-electron chi connectivity index (χ0n) is 13.1. The summed E-state index contributed by atoms with van der Waals surface area (Å²) in [5, 5.41) is 5.92. The number of aromatic nitrogens is 1. The predicted molar refractivity (Wildman–Crippen MR) is 93.1 cm³/mol. The number of nitrogens with zero attached hydrogens (tertiary/aromatic N) is 1. The molecule has 0 unspecified atom stereocenters. The highest BCUT2D eigenvalue weighted by Crippen LogP contribution is 2.18. The van der Waals surface area contributed by atoms with Crippen molar-refractivity contribution in [1.82, 2.24) is 4.98 Å². The molecule has 2 aromatic carbocycles. The Hall–Kier alpha value is -3.21. The molecule has 1 amide bonds. The zero-order valence-corrected chi connectivity index (χ0v) is 13.1. The van der Waals surface area contributed by atoms with Gasteiger partial charge in [-0.2, -0.15) is 0 Å². The van der Waals surface area contributed by atoms with E-state index in [0.717, 1.165) is 11.3 Å². The van der Waals surface area contributed by atoms with E-state index >= 15 is 0 Å². The Balaban J connectivity index is 1.73. The van der Waals surface area contributed by atoms with Crippen molar-refractivity contribution in [3.05, 3.63) is 83.9 Å². The fraction of sp³-hybridized carbons (Fsp3) is 0.0526. The Morgan fingerprint density at radius 1 is 0.917 bits per heavy atom. The van der Waals surface area contributed by atoms with Crippen LogP contribution in [0.15, 0.2) is 67.0 Å². The minimum absolute atomic E-state index is 0.242. The first-order chi connectivity index (χ1) is 11.6. The van der Waals surface area contributed by atoms with Crippen molar-refractivity contribution in [2.75, 3.05) is 10.6 Å². The molecule has 0 radical (unpaired) electrons. The van der Waals surface area contributed by atoms with Crippen LogP contribution in [-0.2, 0) is 0 Å². The van der Waals surface area contributed by atoms with Crippen LogP contribution in [0.1, 0.15) is 15.9 Å². The van der Waals surface area contributed by atoms with E-state index in [2.05, 4.69) is 15.6 Å². The number of hydrogen-bond acceptors (Lipinski definition) is 3. The third kappa shape index (κ3) is 3.95. The lowest BCUT2D eigenvalue weighted by Crippen LogP contribution is -2.12. The normalized spacial score (nSPS) is 10.2. The molecule has 0 fully saturated rings. The first-order valence-corrected chi connectivity index (χ1v) is 7.46. The number of halogens is 1. The smallest absolute Gasteiger partial charge is 0.257 e. The summed E-state index contributed by atoms with van der Waals surface area (Å²) in [5.41, 5.74) is 3.65. The predicted octanol–water partition coefficient (Wildman–Crippen LogP) is 4.53. The lowest BCUT2D eigenvalue weighted by atomic mass is 10.2. The molecular weight excluding hydrogens is 305 g/mol. The highest BCUT2D eigenvalue weighted by atomic mass is 19.1. The number of pyridine rings is 1. The summed E-state index contributed by atoms with van der Waals surface area (Å²) >= 11 is 0. The Bertz CT molecular complexity index is 845. The standard InChI is InChI=1S/C19H16FN3O/c1-13-2-6-17(7-3-13)23-19(24)14-10-18(12-21-11-14)22-16-8-4-15(20)5-9-16/h2-12,22H,1H3,(H,23,24). The maximum Gasteiger partial charge on any atom is 0.257 e. The van der Waals surface area contributed by atoms with Crippen LogP contribution < -0.4 is 10.6 Å². The second kappa shape index (κ2) is 6.91. The van der Waals surface area contributed by atoms with E-state index in [1.165, 1.54) is 18.3 Å². The molecule has 5 heteroatoms. The maximum atomic E-state index is 12.9. The number of rotatable bonds is 4. The maximum absolute atomic E-state index is 12.9. The molecule has 0 bridgehead atoms. The van der Waals surface area contributed by atoms with Crippen molar-refractivity contribution in [3.8, 4) is 0 Å². The van der Waals surface area contributed by atoms with E-state index in [1.807, 2.05) is 31.2 Å². The third-order valence-electron chi connectivity index (χ3n) is 3.44. The van der Waals surface area contributed by atoms with E-state index in [-0.39, 0.29) is 11.7 Å².